The number of aliphatic hydroxyl groups is 1. The number of ether oxygens (including phenoxy) is 1. The summed E-state index contributed by atoms with van der Waals surface area (Å²) in [4.78, 5) is 24.2. The number of furan rings is 1. The van der Waals surface area contributed by atoms with Gasteiger partial charge in [-0.1, -0.05) is 30.3 Å². The van der Waals surface area contributed by atoms with E-state index in [9.17, 15) is 14.7 Å². The summed E-state index contributed by atoms with van der Waals surface area (Å²) in [6, 6.07) is 10.8. The third kappa shape index (κ3) is 4.05. The van der Waals surface area contributed by atoms with Crippen molar-refractivity contribution < 1.29 is 23.8 Å². The molecule has 0 saturated carbocycles. The Morgan fingerprint density at radius 2 is 1.95 bits per heavy atom. The molecular weight excluding hydrogens is 284 g/mol. The van der Waals surface area contributed by atoms with Crippen LogP contribution in [0.5, 0.6) is 0 Å². The highest BCUT2D eigenvalue weighted by Gasteiger charge is 2.29. The monoisotopic (exact) mass is 302 g/mol. The highest BCUT2D eigenvalue weighted by Crippen LogP contribution is 2.21. The topological polar surface area (TPSA) is 76.7 Å². The minimum absolute atomic E-state index is 0.161. The smallest absolute Gasteiger partial charge is 0.316 e. The Morgan fingerprint density at radius 3 is 2.55 bits per heavy atom. The molecule has 0 saturated heterocycles. The predicted molar refractivity (Wildman–Crippen MR) is 78.9 cm³/mol. The minimum atomic E-state index is -0.992. The van der Waals surface area contributed by atoms with Crippen LogP contribution in [0.15, 0.2) is 53.3 Å². The lowest BCUT2D eigenvalue weighted by atomic mass is 9.91. The van der Waals surface area contributed by atoms with Crippen LogP contribution in [0.1, 0.15) is 23.7 Å². The Balaban J connectivity index is 2.08. The van der Waals surface area contributed by atoms with E-state index >= 15 is 0 Å². The zero-order valence-electron chi connectivity index (χ0n) is 12.3. The molecule has 22 heavy (non-hydrogen) atoms. The van der Waals surface area contributed by atoms with Crippen LogP contribution in [0.2, 0.25) is 0 Å². The first kappa shape index (κ1) is 16.0. The molecule has 1 aromatic carbocycles. The third-order valence-electron chi connectivity index (χ3n) is 3.48. The van der Waals surface area contributed by atoms with Crippen molar-refractivity contribution in [3.63, 3.8) is 0 Å². The van der Waals surface area contributed by atoms with Gasteiger partial charge < -0.3 is 14.3 Å². The normalized spacial score (nSPS) is 13.4. The van der Waals surface area contributed by atoms with E-state index in [1.807, 2.05) is 30.3 Å². The van der Waals surface area contributed by atoms with Crippen LogP contribution < -0.4 is 0 Å². The van der Waals surface area contributed by atoms with E-state index in [1.165, 1.54) is 19.6 Å². The molecular formula is C17H18O5. The van der Waals surface area contributed by atoms with Crippen LogP contribution in [0.3, 0.4) is 0 Å². The van der Waals surface area contributed by atoms with E-state index in [4.69, 9.17) is 9.15 Å². The van der Waals surface area contributed by atoms with Gasteiger partial charge >= 0.3 is 5.97 Å². The fourth-order valence-corrected chi connectivity index (χ4v) is 2.24. The molecule has 0 fully saturated rings. The van der Waals surface area contributed by atoms with Crippen molar-refractivity contribution in [2.45, 2.75) is 18.9 Å². The maximum atomic E-state index is 12.4. The number of ketones is 1. The summed E-state index contributed by atoms with van der Waals surface area (Å²) in [6.07, 6.45) is 1.90. The summed E-state index contributed by atoms with van der Waals surface area (Å²) >= 11 is 0. The number of hydrogen-bond acceptors (Lipinski definition) is 5. The van der Waals surface area contributed by atoms with E-state index in [0.717, 1.165) is 5.56 Å². The van der Waals surface area contributed by atoms with E-state index in [1.54, 1.807) is 6.07 Å². The molecule has 0 radical (unpaired) electrons. The largest absolute Gasteiger partial charge is 0.472 e. The fraction of sp³-hybridized carbons (Fsp3) is 0.294. The molecule has 0 spiro atoms. The fourth-order valence-electron chi connectivity index (χ4n) is 2.24. The average molecular weight is 302 g/mol. The predicted octanol–water partition coefficient (Wildman–Crippen LogP) is 2.30. The van der Waals surface area contributed by atoms with Crippen molar-refractivity contribution in [3.8, 4) is 0 Å². The lowest BCUT2D eigenvalue weighted by molar-refractivity contribution is -0.149. The molecule has 0 bridgehead atoms. The number of benzene rings is 1. The maximum Gasteiger partial charge on any atom is 0.316 e. The second kappa shape index (κ2) is 7.56. The van der Waals surface area contributed by atoms with Gasteiger partial charge in [-0.15, -0.1) is 0 Å². The Morgan fingerprint density at radius 1 is 1.23 bits per heavy atom. The molecule has 2 atom stereocenters. The van der Waals surface area contributed by atoms with Crippen LogP contribution >= 0.6 is 0 Å². The van der Waals surface area contributed by atoms with Gasteiger partial charge in [-0.3, -0.25) is 9.59 Å². The molecule has 1 aromatic heterocycles. The molecule has 0 amide bonds. The summed E-state index contributed by atoms with van der Waals surface area (Å²) in [6.45, 7) is 0. The van der Waals surface area contributed by atoms with Crippen LogP contribution in [0.25, 0.3) is 0 Å². The standard InChI is InChI=1S/C17H18O5/c1-21-17(20)14(9-12-5-3-2-4-6-12)16(19)10-15(18)13-7-8-22-11-13/h2-8,11,14-15,18H,9-10H2,1H3. The Hall–Kier alpha value is -2.40. The summed E-state index contributed by atoms with van der Waals surface area (Å²) in [5, 5.41) is 10.0. The molecule has 0 aliphatic heterocycles. The Bertz CT molecular complexity index is 603. The van der Waals surface area contributed by atoms with E-state index in [2.05, 4.69) is 0 Å². The first-order chi connectivity index (χ1) is 10.6. The number of hydrogen-bond donors (Lipinski definition) is 1. The molecule has 1 heterocycles. The van der Waals surface area contributed by atoms with Gasteiger partial charge in [0.05, 0.1) is 25.7 Å². The molecule has 5 nitrogen and oxygen atoms in total. The van der Waals surface area contributed by atoms with Gasteiger partial charge in [0.1, 0.15) is 11.7 Å². The zero-order chi connectivity index (χ0) is 15.9. The first-order valence-electron chi connectivity index (χ1n) is 6.96. The number of methoxy groups -OCH3 is 1. The zero-order valence-corrected chi connectivity index (χ0v) is 12.3. The molecule has 2 rings (SSSR count). The number of aliphatic hydroxyl groups excluding tert-OH is 1. The summed E-state index contributed by atoms with van der Waals surface area (Å²) in [5.41, 5.74) is 1.38. The van der Waals surface area contributed by atoms with E-state index in [-0.39, 0.29) is 18.6 Å². The Kier molecular flexibility index (Phi) is 5.49. The number of rotatable bonds is 7. The third-order valence-corrected chi connectivity index (χ3v) is 3.48. The highest BCUT2D eigenvalue weighted by atomic mass is 16.5. The molecule has 1 N–H and O–H groups in total. The number of carbonyl (C=O) groups excluding carboxylic acids is 2. The number of Topliss-reactive ketones (excluding diaryl/α,β-unsaturated/α-hetero) is 1. The van der Waals surface area contributed by atoms with Gasteiger partial charge in [0.15, 0.2) is 0 Å². The van der Waals surface area contributed by atoms with Crippen molar-refractivity contribution in [2.24, 2.45) is 5.92 Å². The van der Waals surface area contributed by atoms with Gasteiger partial charge in [0, 0.05) is 12.0 Å². The summed E-state index contributed by atoms with van der Waals surface area (Å²) < 4.78 is 9.60. The quantitative estimate of drug-likeness (QED) is 0.627. The lowest BCUT2D eigenvalue weighted by Crippen LogP contribution is -2.28. The van der Waals surface area contributed by atoms with Gasteiger partial charge in [-0.25, -0.2) is 0 Å². The molecule has 2 aromatic rings. The van der Waals surface area contributed by atoms with Gasteiger partial charge in [-0.05, 0) is 18.1 Å². The van der Waals surface area contributed by atoms with Crippen molar-refractivity contribution in [3.05, 3.63) is 60.1 Å². The van der Waals surface area contributed by atoms with E-state index < -0.39 is 18.0 Å². The second-order valence-electron chi connectivity index (χ2n) is 5.01. The summed E-state index contributed by atoms with van der Waals surface area (Å²) in [5.74, 6) is -1.87. The second-order valence-corrected chi connectivity index (χ2v) is 5.01. The van der Waals surface area contributed by atoms with Crippen molar-refractivity contribution in [2.75, 3.05) is 7.11 Å². The molecule has 5 heteroatoms. The van der Waals surface area contributed by atoms with Crippen molar-refractivity contribution >= 4 is 11.8 Å². The number of carbonyl (C=O) groups is 2. The highest BCUT2D eigenvalue weighted by molar-refractivity contribution is 5.99. The SMILES string of the molecule is COC(=O)C(Cc1ccccc1)C(=O)CC(O)c1ccoc1. The van der Waals surface area contributed by atoms with Crippen molar-refractivity contribution in [1.82, 2.24) is 0 Å². The van der Waals surface area contributed by atoms with Crippen LogP contribution in [0.4, 0.5) is 0 Å². The summed E-state index contributed by atoms with van der Waals surface area (Å²) in [7, 11) is 1.25. The lowest BCUT2D eigenvalue weighted by Gasteiger charge is -2.15. The van der Waals surface area contributed by atoms with E-state index in [0.29, 0.717) is 5.56 Å². The minimum Gasteiger partial charge on any atom is -0.472 e. The number of esters is 1. The van der Waals surface area contributed by atoms with Gasteiger partial charge in [-0.2, -0.15) is 0 Å². The first-order valence-corrected chi connectivity index (χ1v) is 6.96. The molecule has 0 aliphatic carbocycles. The van der Waals surface area contributed by atoms with Crippen molar-refractivity contribution in [1.29, 1.82) is 0 Å². The Labute approximate surface area is 128 Å². The molecule has 2 unspecified atom stereocenters. The van der Waals surface area contributed by atoms with Crippen LogP contribution in [-0.4, -0.2) is 24.0 Å². The molecule has 116 valence electrons. The van der Waals surface area contributed by atoms with Crippen LogP contribution in [0, 0.1) is 5.92 Å². The molecule has 0 aliphatic rings. The van der Waals surface area contributed by atoms with Gasteiger partial charge in [0.2, 0.25) is 0 Å². The average Bonchev–Trinajstić information content (AvgIpc) is 3.07. The van der Waals surface area contributed by atoms with Gasteiger partial charge in [0.25, 0.3) is 0 Å². The maximum absolute atomic E-state index is 12.4. The van der Waals surface area contributed by atoms with Crippen LogP contribution in [-0.2, 0) is 20.7 Å².